The van der Waals surface area contributed by atoms with Crippen LogP contribution in [0.25, 0.3) is 0 Å². The van der Waals surface area contributed by atoms with Crippen molar-refractivity contribution in [3.63, 3.8) is 0 Å². The summed E-state index contributed by atoms with van der Waals surface area (Å²) in [5.41, 5.74) is 5.79. The van der Waals surface area contributed by atoms with E-state index in [1.807, 2.05) is 4.90 Å². The average molecular weight is 237 g/mol. The van der Waals surface area contributed by atoms with Crippen molar-refractivity contribution < 1.29 is 5.11 Å². The number of hydrogen-bond acceptors (Lipinski definition) is 6. The summed E-state index contributed by atoms with van der Waals surface area (Å²) < 4.78 is 0. The molecule has 1 saturated carbocycles. The van der Waals surface area contributed by atoms with Gasteiger partial charge in [0.1, 0.15) is 5.69 Å². The number of rotatable bonds is 3. The highest BCUT2D eigenvalue weighted by atomic mass is 16.3. The van der Waals surface area contributed by atoms with Crippen molar-refractivity contribution in [1.29, 1.82) is 0 Å². The first-order chi connectivity index (χ1) is 8.19. The molecule has 0 spiro atoms. The largest absolute Gasteiger partial charge is 0.396 e. The van der Waals surface area contributed by atoms with Gasteiger partial charge in [0.2, 0.25) is 5.95 Å². The van der Waals surface area contributed by atoms with Gasteiger partial charge < -0.3 is 21.1 Å². The second-order valence-corrected chi connectivity index (χ2v) is 4.65. The van der Waals surface area contributed by atoms with E-state index in [1.165, 1.54) is 0 Å². The van der Waals surface area contributed by atoms with Crippen LogP contribution in [0.3, 0.4) is 0 Å². The van der Waals surface area contributed by atoms with E-state index >= 15 is 0 Å². The number of aromatic nitrogens is 2. The van der Waals surface area contributed by atoms with E-state index in [0.717, 1.165) is 13.0 Å². The van der Waals surface area contributed by atoms with Crippen LogP contribution < -0.4 is 21.5 Å². The summed E-state index contributed by atoms with van der Waals surface area (Å²) in [6.07, 6.45) is 1.04. The number of nitrogens with one attached hydrogen (secondary N) is 2. The van der Waals surface area contributed by atoms with E-state index in [2.05, 4.69) is 15.3 Å². The number of nitrogens with two attached hydrogens (primary N) is 1. The topological polar surface area (TPSA) is 107 Å². The molecule has 7 nitrogen and oxygen atoms in total. The summed E-state index contributed by atoms with van der Waals surface area (Å²) in [4.78, 5) is 20.2. The summed E-state index contributed by atoms with van der Waals surface area (Å²) in [5.74, 6) is 1.65. The van der Waals surface area contributed by atoms with Crippen LogP contribution in [0.1, 0.15) is 6.42 Å². The lowest BCUT2D eigenvalue weighted by Gasteiger charge is -2.16. The molecule has 1 aromatic heterocycles. The molecule has 1 aliphatic carbocycles. The highest BCUT2D eigenvalue weighted by Crippen LogP contribution is 2.40. The number of aliphatic hydroxyl groups excluding tert-OH is 1. The zero-order valence-corrected chi connectivity index (χ0v) is 9.31. The monoisotopic (exact) mass is 237 g/mol. The van der Waals surface area contributed by atoms with Crippen molar-refractivity contribution in [2.75, 3.05) is 35.8 Å². The predicted octanol–water partition coefficient (Wildman–Crippen LogP) is -0.830. The Morgan fingerprint density at radius 3 is 3.06 bits per heavy atom. The van der Waals surface area contributed by atoms with Gasteiger partial charge in [-0.25, -0.2) is 0 Å². The lowest BCUT2D eigenvalue weighted by atomic mass is 10.3. The smallest absolute Gasteiger partial charge is 0.277 e. The lowest BCUT2D eigenvalue weighted by molar-refractivity contribution is 0.269. The summed E-state index contributed by atoms with van der Waals surface area (Å²) in [7, 11) is 0. The van der Waals surface area contributed by atoms with E-state index in [0.29, 0.717) is 30.0 Å². The fourth-order valence-electron chi connectivity index (χ4n) is 2.31. The van der Waals surface area contributed by atoms with Crippen LogP contribution >= 0.6 is 0 Å². The van der Waals surface area contributed by atoms with Gasteiger partial charge in [-0.3, -0.25) is 9.78 Å². The maximum absolute atomic E-state index is 11.6. The number of hydrogen-bond donors (Lipinski definition) is 4. The number of fused-ring (bicyclic) bond motifs is 1. The first-order valence-corrected chi connectivity index (χ1v) is 5.68. The van der Waals surface area contributed by atoms with Gasteiger partial charge >= 0.3 is 0 Å². The van der Waals surface area contributed by atoms with Crippen LogP contribution in [-0.4, -0.2) is 34.9 Å². The molecule has 0 saturated heterocycles. The molecule has 2 heterocycles. The molecule has 0 aromatic carbocycles. The second-order valence-electron chi connectivity index (χ2n) is 4.65. The first kappa shape index (κ1) is 10.4. The molecule has 17 heavy (non-hydrogen) atoms. The molecular weight excluding hydrogens is 222 g/mol. The molecule has 0 bridgehead atoms. The van der Waals surface area contributed by atoms with Crippen LogP contribution in [-0.2, 0) is 0 Å². The molecule has 1 fully saturated rings. The highest BCUT2D eigenvalue weighted by Gasteiger charge is 2.39. The zero-order chi connectivity index (χ0) is 12.0. The normalized spacial score (nSPS) is 25.6. The number of aromatic amines is 1. The third-order valence-electron chi connectivity index (χ3n) is 3.42. The van der Waals surface area contributed by atoms with Gasteiger partial charge in [-0.05, 0) is 18.3 Å². The van der Waals surface area contributed by atoms with E-state index in [9.17, 15) is 4.79 Å². The van der Waals surface area contributed by atoms with Crippen LogP contribution in [0, 0.1) is 11.8 Å². The van der Waals surface area contributed by atoms with Crippen molar-refractivity contribution in [1.82, 2.24) is 9.97 Å². The van der Waals surface area contributed by atoms with Gasteiger partial charge in [-0.1, -0.05) is 0 Å². The second kappa shape index (κ2) is 3.63. The predicted molar refractivity (Wildman–Crippen MR) is 63.8 cm³/mol. The van der Waals surface area contributed by atoms with Gasteiger partial charge in [-0.2, -0.15) is 4.98 Å². The first-order valence-electron chi connectivity index (χ1n) is 5.68. The Morgan fingerprint density at radius 2 is 2.35 bits per heavy atom. The highest BCUT2D eigenvalue weighted by molar-refractivity contribution is 5.70. The molecule has 0 amide bonds. The number of nitrogens with zero attached hydrogens (tertiary/aromatic N) is 2. The molecular formula is C10H15N5O2. The SMILES string of the molecule is Nc1nc2c(c(=O)[nH]1)NCN2CC1CC1CO. The van der Waals surface area contributed by atoms with E-state index in [4.69, 9.17) is 10.8 Å². The van der Waals surface area contributed by atoms with E-state index in [-0.39, 0.29) is 18.1 Å². The lowest BCUT2D eigenvalue weighted by Crippen LogP contribution is -2.26. The van der Waals surface area contributed by atoms with Gasteiger partial charge in [0.15, 0.2) is 5.82 Å². The molecule has 2 unspecified atom stereocenters. The Morgan fingerprint density at radius 1 is 1.53 bits per heavy atom. The number of aliphatic hydroxyl groups is 1. The van der Waals surface area contributed by atoms with E-state index in [1.54, 1.807) is 0 Å². The Labute approximate surface area is 97.7 Å². The molecule has 92 valence electrons. The average Bonchev–Trinajstić information content (AvgIpc) is 2.92. The van der Waals surface area contributed by atoms with Crippen molar-refractivity contribution in [3.8, 4) is 0 Å². The van der Waals surface area contributed by atoms with Gasteiger partial charge in [0.25, 0.3) is 5.56 Å². The van der Waals surface area contributed by atoms with Crippen molar-refractivity contribution in [2.24, 2.45) is 11.8 Å². The van der Waals surface area contributed by atoms with Gasteiger partial charge in [0.05, 0.1) is 6.67 Å². The molecule has 7 heteroatoms. The molecule has 3 rings (SSSR count). The Kier molecular flexibility index (Phi) is 2.22. The molecule has 1 aromatic rings. The Bertz CT molecular complexity index is 500. The molecule has 1 aliphatic heterocycles. The standard InChI is InChI=1S/C10H15N5O2/c11-10-13-8-7(9(17)14-10)12-4-15(8)2-5-1-6(5)3-16/h5-6,12,16H,1-4H2,(H3,11,13,14,17). The number of nitrogen functional groups attached to an aromatic ring is 1. The number of anilines is 3. The number of H-pyrrole nitrogens is 1. The molecule has 2 aliphatic rings. The zero-order valence-electron chi connectivity index (χ0n) is 9.31. The van der Waals surface area contributed by atoms with Crippen molar-refractivity contribution in [3.05, 3.63) is 10.4 Å². The third kappa shape index (κ3) is 1.72. The minimum atomic E-state index is -0.232. The molecule has 0 radical (unpaired) electrons. The van der Waals surface area contributed by atoms with Gasteiger partial charge in [0, 0.05) is 13.2 Å². The van der Waals surface area contributed by atoms with Crippen molar-refractivity contribution in [2.45, 2.75) is 6.42 Å². The Hall–Kier alpha value is -1.76. The molecule has 2 atom stereocenters. The maximum atomic E-state index is 11.6. The fraction of sp³-hybridized carbons (Fsp3) is 0.600. The summed E-state index contributed by atoms with van der Waals surface area (Å²) in [5, 5.41) is 12.0. The van der Waals surface area contributed by atoms with Crippen LogP contribution in [0.2, 0.25) is 0 Å². The van der Waals surface area contributed by atoms with Crippen LogP contribution in [0.15, 0.2) is 4.79 Å². The Balaban J connectivity index is 1.81. The summed E-state index contributed by atoms with van der Waals surface area (Å²) in [6, 6.07) is 0. The molecule has 5 N–H and O–H groups in total. The minimum absolute atomic E-state index is 0.136. The third-order valence-corrected chi connectivity index (χ3v) is 3.42. The van der Waals surface area contributed by atoms with Crippen LogP contribution in [0.5, 0.6) is 0 Å². The van der Waals surface area contributed by atoms with Crippen LogP contribution in [0.4, 0.5) is 17.5 Å². The minimum Gasteiger partial charge on any atom is -0.396 e. The maximum Gasteiger partial charge on any atom is 0.277 e. The van der Waals surface area contributed by atoms with E-state index < -0.39 is 0 Å². The summed E-state index contributed by atoms with van der Waals surface area (Å²) >= 11 is 0. The fourth-order valence-corrected chi connectivity index (χ4v) is 2.31. The summed E-state index contributed by atoms with van der Waals surface area (Å²) in [6.45, 7) is 1.62. The van der Waals surface area contributed by atoms with Crippen molar-refractivity contribution >= 4 is 17.5 Å². The van der Waals surface area contributed by atoms with Gasteiger partial charge in [-0.15, -0.1) is 0 Å². The quantitative estimate of drug-likeness (QED) is 0.546.